The van der Waals surface area contributed by atoms with Crippen molar-refractivity contribution < 1.29 is 9.47 Å². The number of rotatable bonds is 8. The Labute approximate surface area is 162 Å². The Morgan fingerprint density at radius 3 is 2.48 bits per heavy atom. The van der Waals surface area contributed by atoms with Crippen LogP contribution in [0.5, 0.6) is 11.5 Å². The average molecular weight is 367 g/mol. The number of hydrogen-bond donors (Lipinski definition) is 1. The maximum Gasteiger partial charge on any atom is 0.161 e. The van der Waals surface area contributed by atoms with Gasteiger partial charge in [-0.2, -0.15) is 0 Å². The fourth-order valence-corrected chi connectivity index (χ4v) is 3.98. The van der Waals surface area contributed by atoms with Gasteiger partial charge in [-0.1, -0.05) is 36.4 Å². The molecule has 1 aliphatic heterocycles. The molecule has 4 rings (SSSR count). The highest BCUT2D eigenvalue weighted by Crippen LogP contribution is 2.46. The number of benzene rings is 2. The van der Waals surface area contributed by atoms with Gasteiger partial charge in [-0.15, -0.1) is 0 Å². The molecule has 0 bridgehead atoms. The van der Waals surface area contributed by atoms with Crippen LogP contribution in [0.3, 0.4) is 0 Å². The number of ether oxygens (including phenoxy) is 2. The van der Waals surface area contributed by atoms with Gasteiger partial charge in [0, 0.05) is 32.2 Å². The van der Waals surface area contributed by atoms with Crippen LogP contribution in [-0.4, -0.2) is 37.7 Å². The van der Waals surface area contributed by atoms with Crippen LogP contribution in [0.25, 0.3) is 0 Å². The van der Waals surface area contributed by atoms with Gasteiger partial charge < -0.3 is 14.8 Å². The molecule has 4 heteroatoms. The van der Waals surface area contributed by atoms with Crippen LogP contribution in [0.15, 0.2) is 48.5 Å². The second-order valence-corrected chi connectivity index (χ2v) is 7.48. The first-order valence-electron chi connectivity index (χ1n) is 10.2. The van der Waals surface area contributed by atoms with Gasteiger partial charge in [-0.05, 0) is 48.9 Å². The molecule has 1 aliphatic carbocycles. The van der Waals surface area contributed by atoms with Crippen molar-refractivity contribution in [2.24, 2.45) is 5.92 Å². The van der Waals surface area contributed by atoms with Crippen molar-refractivity contribution in [3.05, 3.63) is 59.7 Å². The fraction of sp³-hybridized carbons (Fsp3) is 0.478. The second kappa shape index (κ2) is 8.77. The number of nitrogens with zero attached hydrogens (tertiary/aromatic N) is 1. The molecule has 0 unspecified atom stereocenters. The van der Waals surface area contributed by atoms with Gasteiger partial charge in [0.2, 0.25) is 0 Å². The Morgan fingerprint density at radius 2 is 1.78 bits per heavy atom. The maximum absolute atomic E-state index is 6.08. The molecule has 0 spiro atoms. The molecule has 0 aromatic heterocycles. The Kier molecular flexibility index (Phi) is 5.95. The number of nitrogens with one attached hydrogen (secondary N) is 1. The molecule has 2 aromatic rings. The molecular weight excluding hydrogens is 336 g/mol. The summed E-state index contributed by atoms with van der Waals surface area (Å²) in [6, 6.07) is 17.3. The van der Waals surface area contributed by atoms with Crippen molar-refractivity contribution in [2.45, 2.75) is 32.4 Å². The molecular formula is C23H30N2O2. The monoisotopic (exact) mass is 366 g/mol. The van der Waals surface area contributed by atoms with E-state index in [4.69, 9.17) is 9.47 Å². The van der Waals surface area contributed by atoms with E-state index in [0.717, 1.165) is 43.6 Å². The minimum Gasteiger partial charge on any atom is -0.490 e. The van der Waals surface area contributed by atoms with Crippen molar-refractivity contribution in [3.63, 3.8) is 0 Å². The topological polar surface area (TPSA) is 33.7 Å². The number of hydrogen-bond acceptors (Lipinski definition) is 4. The third-order valence-corrected chi connectivity index (χ3v) is 5.46. The van der Waals surface area contributed by atoms with Gasteiger partial charge in [-0.3, -0.25) is 4.90 Å². The summed E-state index contributed by atoms with van der Waals surface area (Å²) in [7, 11) is 0. The van der Waals surface area contributed by atoms with Crippen molar-refractivity contribution in [2.75, 3.05) is 32.8 Å². The van der Waals surface area contributed by atoms with Gasteiger partial charge in [0.25, 0.3) is 0 Å². The molecule has 0 amide bonds. The fourth-order valence-electron chi connectivity index (χ4n) is 3.98. The molecule has 4 nitrogen and oxygen atoms in total. The van der Waals surface area contributed by atoms with Crippen LogP contribution in [0.1, 0.15) is 36.9 Å². The predicted octanol–water partition coefficient (Wildman–Crippen LogP) is 4.02. The summed E-state index contributed by atoms with van der Waals surface area (Å²) in [5, 5.41) is 3.47. The summed E-state index contributed by atoms with van der Waals surface area (Å²) >= 11 is 0. The molecule has 1 saturated heterocycles. The summed E-state index contributed by atoms with van der Waals surface area (Å²) in [5.74, 6) is 2.49. The van der Waals surface area contributed by atoms with E-state index in [-0.39, 0.29) is 0 Å². The van der Waals surface area contributed by atoms with Crippen LogP contribution in [0.4, 0.5) is 0 Å². The van der Waals surface area contributed by atoms with Crippen LogP contribution in [-0.2, 0) is 6.61 Å². The van der Waals surface area contributed by atoms with Gasteiger partial charge in [0.05, 0.1) is 6.61 Å². The largest absolute Gasteiger partial charge is 0.490 e. The molecule has 2 aromatic carbocycles. The molecule has 2 aliphatic rings. The lowest BCUT2D eigenvalue weighted by Gasteiger charge is -2.35. The van der Waals surface area contributed by atoms with Gasteiger partial charge in [0.15, 0.2) is 11.5 Å². The van der Waals surface area contributed by atoms with Gasteiger partial charge in [0.1, 0.15) is 6.61 Å². The highest BCUT2D eigenvalue weighted by Gasteiger charge is 2.37. The molecule has 1 heterocycles. The van der Waals surface area contributed by atoms with Gasteiger partial charge >= 0.3 is 0 Å². The molecule has 1 saturated carbocycles. The average Bonchev–Trinajstić information content (AvgIpc) is 3.54. The summed E-state index contributed by atoms with van der Waals surface area (Å²) in [5.41, 5.74) is 2.54. The smallest absolute Gasteiger partial charge is 0.161 e. The Hall–Kier alpha value is -2.04. The second-order valence-electron chi connectivity index (χ2n) is 7.48. The van der Waals surface area contributed by atoms with E-state index in [1.165, 1.54) is 24.0 Å². The van der Waals surface area contributed by atoms with Crippen LogP contribution in [0.2, 0.25) is 0 Å². The molecule has 2 fully saturated rings. The van der Waals surface area contributed by atoms with E-state index >= 15 is 0 Å². The van der Waals surface area contributed by atoms with Crippen molar-refractivity contribution in [3.8, 4) is 11.5 Å². The Morgan fingerprint density at radius 1 is 1.00 bits per heavy atom. The Balaban J connectivity index is 1.53. The van der Waals surface area contributed by atoms with Crippen molar-refractivity contribution in [1.29, 1.82) is 0 Å². The summed E-state index contributed by atoms with van der Waals surface area (Å²) < 4.78 is 12.0. The minimum absolute atomic E-state index is 0.509. The summed E-state index contributed by atoms with van der Waals surface area (Å²) in [4.78, 5) is 2.64. The third kappa shape index (κ3) is 4.63. The molecule has 1 atom stereocenters. The van der Waals surface area contributed by atoms with E-state index in [0.29, 0.717) is 19.3 Å². The van der Waals surface area contributed by atoms with Crippen LogP contribution in [0, 0.1) is 5.92 Å². The zero-order chi connectivity index (χ0) is 18.5. The predicted molar refractivity (Wildman–Crippen MR) is 108 cm³/mol. The minimum atomic E-state index is 0.509. The molecule has 144 valence electrons. The first-order valence-corrected chi connectivity index (χ1v) is 10.2. The van der Waals surface area contributed by atoms with E-state index in [2.05, 4.69) is 40.5 Å². The lowest BCUT2D eigenvalue weighted by atomic mass is 9.99. The van der Waals surface area contributed by atoms with Crippen LogP contribution >= 0.6 is 0 Å². The third-order valence-electron chi connectivity index (χ3n) is 5.46. The lowest BCUT2D eigenvalue weighted by Crippen LogP contribution is -2.45. The van der Waals surface area contributed by atoms with E-state index in [1.807, 2.05) is 25.1 Å². The lowest BCUT2D eigenvalue weighted by molar-refractivity contribution is 0.155. The maximum atomic E-state index is 6.08. The highest BCUT2D eigenvalue weighted by atomic mass is 16.5. The van der Waals surface area contributed by atoms with Crippen LogP contribution < -0.4 is 14.8 Å². The Bertz CT molecular complexity index is 724. The first kappa shape index (κ1) is 18.3. The zero-order valence-electron chi connectivity index (χ0n) is 16.2. The molecule has 1 N–H and O–H groups in total. The van der Waals surface area contributed by atoms with Gasteiger partial charge in [-0.25, -0.2) is 0 Å². The number of piperazine rings is 1. The summed E-state index contributed by atoms with van der Waals surface area (Å²) in [6.07, 6.45) is 2.68. The molecule has 27 heavy (non-hydrogen) atoms. The molecule has 0 radical (unpaired) electrons. The normalized spacial score (nSPS) is 18.9. The SMILES string of the molecule is CCOc1cc([C@H](C2CC2)N2CCNCC2)ccc1OCc1ccccc1. The van der Waals surface area contributed by atoms with Crippen molar-refractivity contribution >= 4 is 0 Å². The standard InChI is InChI=1S/C23H30N2O2/c1-2-26-22-16-20(23(19-8-9-19)25-14-12-24-13-15-25)10-11-21(22)27-17-18-6-4-3-5-7-18/h3-7,10-11,16,19,23-24H,2,8-9,12-15,17H2,1H3/t23-/m0/s1. The summed E-state index contributed by atoms with van der Waals surface area (Å²) in [6.45, 7) is 7.65. The first-order chi connectivity index (χ1) is 13.3. The van der Waals surface area contributed by atoms with E-state index in [9.17, 15) is 0 Å². The highest BCUT2D eigenvalue weighted by molar-refractivity contribution is 5.44. The quantitative estimate of drug-likeness (QED) is 0.765. The van der Waals surface area contributed by atoms with E-state index in [1.54, 1.807) is 0 Å². The zero-order valence-corrected chi connectivity index (χ0v) is 16.2. The van der Waals surface area contributed by atoms with Crippen molar-refractivity contribution in [1.82, 2.24) is 10.2 Å². The van der Waals surface area contributed by atoms with E-state index < -0.39 is 0 Å².